The third kappa shape index (κ3) is 67.4. The molecule has 0 radical (unpaired) electrons. The van der Waals surface area contributed by atoms with Gasteiger partial charge in [-0.2, -0.15) is 0 Å². The molecule has 0 bridgehead atoms. The van der Waals surface area contributed by atoms with Gasteiger partial charge in [0.15, 0.2) is 0 Å². The van der Waals surface area contributed by atoms with Crippen molar-refractivity contribution < 1.29 is 136 Å². The van der Waals surface area contributed by atoms with Crippen LogP contribution in [-0.2, 0) is 0 Å². The molecular formula is C2H4O4Rb2. The van der Waals surface area contributed by atoms with Gasteiger partial charge >= 0.3 is 116 Å². The predicted molar refractivity (Wildman–Crippen MR) is 13.5 cm³/mol. The van der Waals surface area contributed by atoms with E-state index >= 15 is 0 Å². The molecule has 4 nitrogen and oxygen atoms in total. The van der Waals surface area contributed by atoms with Gasteiger partial charge in [0.2, 0.25) is 0 Å². The van der Waals surface area contributed by atoms with Crippen LogP contribution in [0.1, 0.15) is 0 Å². The Balaban J connectivity index is -0.0000000183. The average molecular weight is 263 g/mol. The molecule has 0 heterocycles. The van der Waals surface area contributed by atoms with E-state index in [1.165, 1.54) is 0 Å². The van der Waals surface area contributed by atoms with Crippen LogP contribution in [0.5, 0.6) is 0 Å². The van der Waals surface area contributed by atoms with Gasteiger partial charge in [-0.3, -0.25) is 0 Å². The van der Waals surface area contributed by atoms with Gasteiger partial charge in [-0.25, -0.2) is 0 Å². The first kappa shape index (κ1) is 22.4. The van der Waals surface area contributed by atoms with E-state index in [1.807, 2.05) is 0 Å². The molecule has 0 aromatic rings. The van der Waals surface area contributed by atoms with E-state index in [2.05, 4.69) is 0 Å². The third-order valence-electron chi connectivity index (χ3n) is 0. The van der Waals surface area contributed by atoms with E-state index in [0.29, 0.717) is 0 Å². The van der Waals surface area contributed by atoms with Crippen LogP contribution in [0.15, 0.2) is 0 Å². The summed E-state index contributed by atoms with van der Waals surface area (Å²) in [5.74, 6) is 0. The smallest absolute Gasteiger partial charge is 0.652 e. The molecule has 0 aromatic heterocycles. The standard InChI is InChI=1S/CH2O3.CH4O.2Rb/c2-1(3)4;1-2;;/h(H2,2,3,4);2H,1H3;;/q;;2*+1/p-2. The second-order valence-electron chi connectivity index (χ2n) is 0.250. The van der Waals surface area contributed by atoms with Crippen LogP contribution in [0.4, 0.5) is 4.79 Å². The van der Waals surface area contributed by atoms with E-state index in [-0.39, 0.29) is 116 Å². The Bertz CT molecular complexity index is 35.0. The maximum atomic E-state index is 8.33. The Morgan fingerprint density at radius 3 is 1.25 bits per heavy atom. The summed E-state index contributed by atoms with van der Waals surface area (Å²) in [4.78, 5) is 8.33. The largest absolute Gasteiger partial charge is 1.00 e. The van der Waals surface area contributed by atoms with Gasteiger partial charge in [0, 0.05) is 7.11 Å². The molecule has 0 aliphatic carbocycles. The first-order chi connectivity index (χ1) is 2.73. The Hall–Kier alpha value is 2.84. The van der Waals surface area contributed by atoms with Crippen molar-refractivity contribution in [2.45, 2.75) is 0 Å². The molecule has 0 atom stereocenters. The Kier molecular flexibility index (Phi) is 63.2. The van der Waals surface area contributed by atoms with Crippen LogP contribution in [0.3, 0.4) is 0 Å². The van der Waals surface area contributed by atoms with E-state index in [1.54, 1.807) is 0 Å². The van der Waals surface area contributed by atoms with E-state index in [4.69, 9.17) is 20.1 Å². The van der Waals surface area contributed by atoms with Gasteiger partial charge in [-0.15, -0.1) is 0 Å². The topological polar surface area (TPSA) is 83.4 Å². The zero-order chi connectivity index (χ0) is 5.58. The first-order valence-corrected chi connectivity index (χ1v) is 1.06. The number of rotatable bonds is 0. The van der Waals surface area contributed by atoms with Crippen molar-refractivity contribution >= 4 is 6.16 Å². The van der Waals surface area contributed by atoms with Crippen molar-refractivity contribution in [3.05, 3.63) is 0 Å². The number of carboxylic acid groups (broad SMARTS) is 2. The van der Waals surface area contributed by atoms with Crippen LogP contribution in [-0.4, -0.2) is 18.4 Å². The molecule has 0 saturated carbocycles. The van der Waals surface area contributed by atoms with Crippen LogP contribution in [0.2, 0.25) is 0 Å². The van der Waals surface area contributed by atoms with Crippen molar-refractivity contribution in [1.82, 2.24) is 0 Å². The summed E-state index contributed by atoms with van der Waals surface area (Å²) >= 11 is 0. The Morgan fingerprint density at radius 1 is 1.25 bits per heavy atom. The second kappa shape index (κ2) is 22.5. The Morgan fingerprint density at radius 2 is 1.25 bits per heavy atom. The molecule has 1 N–H and O–H groups in total. The summed E-state index contributed by atoms with van der Waals surface area (Å²) in [6, 6.07) is 0. The third-order valence-corrected chi connectivity index (χ3v) is 0. The summed E-state index contributed by atoms with van der Waals surface area (Å²) in [6.45, 7) is 0. The fourth-order valence-corrected chi connectivity index (χ4v) is 0. The summed E-state index contributed by atoms with van der Waals surface area (Å²) in [5, 5.41) is 23.7. The van der Waals surface area contributed by atoms with Crippen molar-refractivity contribution in [3.8, 4) is 0 Å². The van der Waals surface area contributed by atoms with E-state index < -0.39 is 6.16 Å². The fraction of sp³-hybridized carbons (Fsp3) is 0.500. The molecule has 0 aliphatic rings. The number of aliphatic hydroxyl groups excluding tert-OH is 1. The molecule has 0 aliphatic heterocycles. The van der Waals surface area contributed by atoms with Gasteiger partial charge in [0.05, 0.1) is 0 Å². The van der Waals surface area contributed by atoms with Crippen LogP contribution in [0, 0.1) is 0 Å². The number of hydrogen-bond donors (Lipinski definition) is 1. The van der Waals surface area contributed by atoms with Gasteiger partial charge < -0.3 is 20.1 Å². The molecule has 0 aromatic carbocycles. The van der Waals surface area contributed by atoms with Crippen molar-refractivity contribution in [2.24, 2.45) is 0 Å². The molecule has 0 spiro atoms. The van der Waals surface area contributed by atoms with Crippen molar-refractivity contribution in [3.63, 3.8) is 0 Å². The van der Waals surface area contributed by atoms with Gasteiger partial charge in [-0.1, -0.05) is 0 Å². The minimum atomic E-state index is -2.33. The van der Waals surface area contributed by atoms with Crippen LogP contribution >= 0.6 is 0 Å². The van der Waals surface area contributed by atoms with E-state index in [9.17, 15) is 0 Å². The predicted octanol–water partition coefficient (Wildman–Crippen LogP) is -8.83. The minimum absolute atomic E-state index is 0. The molecule has 0 saturated heterocycles. The molecule has 0 fully saturated rings. The first-order valence-electron chi connectivity index (χ1n) is 1.06. The fourth-order valence-electron chi connectivity index (χ4n) is 0. The Labute approximate surface area is 145 Å². The molecule has 8 heavy (non-hydrogen) atoms. The quantitative estimate of drug-likeness (QED) is 0.470. The van der Waals surface area contributed by atoms with Gasteiger partial charge in [0.1, 0.15) is 0 Å². The van der Waals surface area contributed by atoms with E-state index in [0.717, 1.165) is 7.11 Å². The number of carbonyl (C=O) groups is 1. The van der Waals surface area contributed by atoms with Gasteiger partial charge in [0.25, 0.3) is 0 Å². The average Bonchev–Trinajstić information content (AvgIpc) is 1.41. The number of hydrogen-bond acceptors (Lipinski definition) is 4. The summed E-state index contributed by atoms with van der Waals surface area (Å²) in [7, 11) is 1.00. The SMILES string of the molecule is CO.O=C([O-])[O-].[Rb+].[Rb+]. The number of aliphatic hydroxyl groups is 1. The van der Waals surface area contributed by atoms with Crippen molar-refractivity contribution in [2.75, 3.05) is 7.11 Å². The molecule has 0 amide bonds. The molecule has 6 heteroatoms. The zero-order valence-corrected chi connectivity index (χ0v) is 15.0. The molecule has 38 valence electrons. The maximum Gasteiger partial charge on any atom is 1.00 e. The normalized spacial score (nSPS) is 3.75. The summed E-state index contributed by atoms with van der Waals surface area (Å²) < 4.78 is 0. The maximum absolute atomic E-state index is 8.33. The van der Waals surface area contributed by atoms with Crippen LogP contribution in [0.25, 0.3) is 0 Å². The number of carbonyl (C=O) groups excluding carboxylic acids is 1. The monoisotopic (exact) mass is 262 g/mol. The second-order valence-corrected chi connectivity index (χ2v) is 0.250. The summed E-state index contributed by atoms with van der Waals surface area (Å²) in [6.07, 6.45) is -2.33. The molecule has 0 rings (SSSR count). The van der Waals surface area contributed by atoms with Crippen LogP contribution < -0.4 is 127 Å². The van der Waals surface area contributed by atoms with Crippen molar-refractivity contribution in [1.29, 1.82) is 0 Å². The van der Waals surface area contributed by atoms with Gasteiger partial charge in [-0.05, 0) is 6.16 Å². The summed E-state index contributed by atoms with van der Waals surface area (Å²) in [5.41, 5.74) is 0. The minimum Gasteiger partial charge on any atom is -0.652 e. The molecular weight excluding hydrogens is 259 g/mol. The molecule has 0 unspecified atom stereocenters. The zero-order valence-electron chi connectivity index (χ0n) is 5.17.